The van der Waals surface area contributed by atoms with Crippen LogP contribution in [0.1, 0.15) is 15.9 Å². The van der Waals surface area contributed by atoms with E-state index in [9.17, 15) is 9.90 Å². The summed E-state index contributed by atoms with van der Waals surface area (Å²) in [6.45, 7) is 0.0513. The highest BCUT2D eigenvalue weighted by Gasteiger charge is 2.33. The van der Waals surface area contributed by atoms with Gasteiger partial charge < -0.3 is 24.3 Å². The van der Waals surface area contributed by atoms with Crippen molar-refractivity contribution in [2.75, 3.05) is 14.2 Å². The van der Waals surface area contributed by atoms with Crippen molar-refractivity contribution >= 4 is 27.8 Å². The predicted molar refractivity (Wildman–Crippen MR) is 105 cm³/mol. The number of benzene rings is 3. The van der Waals surface area contributed by atoms with E-state index < -0.39 is 5.97 Å². The van der Waals surface area contributed by atoms with Crippen LogP contribution in [0.25, 0.3) is 32.9 Å². The number of hydrogen-bond donors (Lipinski definition) is 2. The molecule has 4 aromatic rings. The Bertz CT molecular complexity index is 1270. The number of aromatic nitrogens is 1. The summed E-state index contributed by atoms with van der Waals surface area (Å²) in [6.07, 6.45) is 0. The lowest BCUT2D eigenvalue weighted by molar-refractivity contribution is 0.0535. The zero-order valence-electron chi connectivity index (χ0n) is 15.3. The number of esters is 1. The van der Waals surface area contributed by atoms with Crippen LogP contribution in [0, 0.1) is 0 Å². The molecule has 0 amide bonds. The Morgan fingerprint density at radius 2 is 1.82 bits per heavy atom. The van der Waals surface area contributed by atoms with Gasteiger partial charge in [0.05, 0.1) is 30.7 Å². The van der Waals surface area contributed by atoms with Crippen molar-refractivity contribution in [3.63, 3.8) is 0 Å². The van der Waals surface area contributed by atoms with Gasteiger partial charge in [0.25, 0.3) is 0 Å². The molecule has 1 aliphatic rings. The van der Waals surface area contributed by atoms with E-state index in [1.54, 1.807) is 20.3 Å². The van der Waals surface area contributed by atoms with Crippen LogP contribution >= 0.6 is 0 Å². The van der Waals surface area contributed by atoms with Crippen molar-refractivity contribution in [1.82, 2.24) is 4.98 Å². The van der Waals surface area contributed by atoms with E-state index in [2.05, 4.69) is 4.98 Å². The third kappa shape index (κ3) is 2.11. The van der Waals surface area contributed by atoms with Gasteiger partial charge in [-0.1, -0.05) is 24.3 Å². The topological polar surface area (TPSA) is 80.8 Å². The molecule has 140 valence electrons. The van der Waals surface area contributed by atoms with Crippen molar-refractivity contribution in [2.24, 2.45) is 0 Å². The first-order chi connectivity index (χ1) is 13.6. The minimum Gasteiger partial charge on any atom is -0.507 e. The molecule has 0 saturated carbocycles. The molecule has 0 spiro atoms. The average Bonchev–Trinajstić information content (AvgIpc) is 3.29. The molecule has 0 saturated heterocycles. The Morgan fingerprint density at radius 1 is 1.04 bits per heavy atom. The molecule has 6 nitrogen and oxygen atoms in total. The van der Waals surface area contributed by atoms with E-state index >= 15 is 0 Å². The van der Waals surface area contributed by atoms with E-state index in [-0.39, 0.29) is 12.4 Å². The second-order valence-electron chi connectivity index (χ2n) is 6.64. The Balaban J connectivity index is 1.94. The van der Waals surface area contributed by atoms with Crippen molar-refractivity contribution in [3.05, 3.63) is 53.6 Å². The summed E-state index contributed by atoms with van der Waals surface area (Å²) in [5.41, 5.74) is 3.90. The second-order valence-corrected chi connectivity index (χ2v) is 6.64. The minimum atomic E-state index is -0.448. The highest BCUT2D eigenvalue weighted by Crippen LogP contribution is 2.47. The van der Waals surface area contributed by atoms with Crippen LogP contribution in [0.2, 0.25) is 0 Å². The van der Waals surface area contributed by atoms with Gasteiger partial charge in [-0.25, -0.2) is 4.79 Å². The summed E-state index contributed by atoms with van der Waals surface area (Å²) >= 11 is 0. The Labute approximate surface area is 160 Å². The van der Waals surface area contributed by atoms with E-state index in [0.29, 0.717) is 39.1 Å². The number of fused-ring (bicyclic) bond motifs is 4. The molecule has 0 unspecified atom stereocenters. The number of ether oxygens (including phenoxy) is 3. The standard InChI is InChI=1S/C22H17NO5/c1-26-15-8-7-11(9-16(15)27-2)17-18-13(10-28-22(18)25)21(24)19-12-5-3-4-6-14(12)23-20(17)19/h3-9,23-24H,10H2,1-2H3. The SMILES string of the molecule is COc1ccc(-c2c3c(c(O)c4c2[nH]c2ccccc24)COC3=O)cc1OC. The molecule has 0 radical (unpaired) electrons. The number of phenolic OH excluding ortho intramolecular Hbond substituents is 1. The molecule has 2 heterocycles. The first kappa shape index (κ1) is 16.5. The molecule has 6 heteroatoms. The number of hydrogen-bond acceptors (Lipinski definition) is 5. The fourth-order valence-electron chi connectivity index (χ4n) is 3.98. The fraction of sp³-hybridized carbons (Fsp3) is 0.136. The number of para-hydroxylation sites is 1. The third-order valence-electron chi connectivity index (χ3n) is 5.25. The summed E-state index contributed by atoms with van der Waals surface area (Å²) in [5, 5.41) is 12.5. The molecule has 0 aliphatic carbocycles. The highest BCUT2D eigenvalue weighted by molar-refractivity contribution is 6.20. The van der Waals surface area contributed by atoms with Gasteiger partial charge >= 0.3 is 5.97 Å². The Kier molecular flexibility index (Phi) is 3.49. The average molecular weight is 375 g/mol. The monoisotopic (exact) mass is 375 g/mol. The minimum absolute atomic E-state index is 0.0513. The molecule has 3 aromatic carbocycles. The maximum absolute atomic E-state index is 12.5. The van der Waals surface area contributed by atoms with Crippen LogP contribution in [-0.2, 0) is 11.3 Å². The zero-order valence-corrected chi connectivity index (χ0v) is 15.3. The summed E-state index contributed by atoms with van der Waals surface area (Å²) in [4.78, 5) is 15.9. The van der Waals surface area contributed by atoms with E-state index in [1.807, 2.05) is 36.4 Å². The molecule has 0 fully saturated rings. The van der Waals surface area contributed by atoms with Crippen molar-refractivity contribution in [1.29, 1.82) is 0 Å². The Morgan fingerprint density at radius 3 is 2.61 bits per heavy atom. The lowest BCUT2D eigenvalue weighted by atomic mass is 9.92. The first-order valence-corrected chi connectivity index (χ1v) is 8.81. The molecule has 0 bridgehead atoms. The van der Waals surface area contributed by atoms with Gasteiger partial charge in [-0.2, -0.15) is 0 Å². The highest BCUT2D eigenvalue weighted by atomic mass is 16.5. The van der Waals surface area contributed by atoms with E-state index in [0.717, 1.165) is 16.5 Å². The number of cyclic esters (lactones) is 1. The number of rotatable bonds is 3. The molecular weight excluding hydrogens is 358 g/mol. The molecule has 28 heavy (non-hydrogen) atoms. The van der Waals surface area contributed by atoms with Crippen LogP contribution in [-0.4, -0.2) is 30.3 Å². The van der Waals surface area contributed by atoms with Gasteiger partial charge in [-0.3, -0.25) is 0 Å². The van der Waals surface area contributed by atoms with Crippen molar-refractivity contribution in [2.45, 2.75) is 6.61 Å². The van der Waals surface area contributed by atoms with Crippen molar-refractivity contribution in [3.8, 4) is 28.4 Å². The molecule has 1 aliphatic heterocycles. The first-order valence-electron chi connectivity index (χ1n) is 8.81. The molecule has 2 N–H and O–H groups in total. The number of carbonyl (C=O) groups excluding carboxylic acids is 1. The van der Waals surface area contributed by atoms with Gasteiger partial charge in [0, 0.05) is 22.0 Å². The van der Waals surface area contributed by atoms with Crippen LogP contribution in [0.5, 0.6) is 17.2 Å². The van der Waals surface area contributed by atoms with E-state index in [1.165, 1.54) is 0 Å². The molecule has 5 rings (SSSR count). The van der Waals surface area contributed by atoms with Crippen LogP contribution in [0.15, 0.2) is 42.5 Å². The van der Waals surface area contributed by atoms with Gasteiger partial charge in [0.1, 0.15) is 12.4 Å². The van der Waals surface area contributed by atoms with Gasteiger partial charge in [0.15, 0.2) is 11.5 Å². The number of phenols is 1. The lowest BCUT2D eigenvalue weighted by Crippen LogP contribution is -2.00. The van der Waals surface area contributed by atoms with Crippen molar-refractivity contribution < 1.29 is 24.1 Å². The Hall–Kier alpha value is -3.67. The second kappa shape index (κ2) is 5.92. The molecule has 1 aromatic heterocycles. The van der Waals surface area contributed by atoms with Crippen LogP contribution in [0.4, 0.5) is 0 Å². The van der Waals surface area contributed by atoms with Crippen LogP contribution in [0.3, 0.4) is 0 Å². The lowest BCUT2D eigenvalue weighted by Gasteiger charge is -2.13. The fourth-order valence-corrected chi connectivity index (χ4v) is 3.98. The summed E-state index contributed by atoms with van der Waals surface area (Å²) in [5.74, 6) is 0.780. The van der Waals surface area contributed by atoms with E-state index in [4.69, 9.17) is 14.2 Å². The number of nitrogens with one attached hydrogen (secondary N) is 1. The predicted octanol–water partition coefficient (Wildman–Crippen LogP) is 4.38. The smallest absolute Gasteiger partial charge is 0.339 e. The summed E-state index contributed by atoms with van der Waals surface area (Å²) in [6, 6.07) is 13.2. The maximum Gasteiger partial charge on any atom is 0.339 e. The number of aromatic hydroxyl groups is 1. The molecular formula is C22H17NO5. The molecule has 0 atom stereocenters. The summed E-state index contributed by atoms with van der Waals surface area (Å²) in [7, 11) is 3.14. The quantitative estimate of drug-likeness (QED) is 0.520. The third-order valence-corrected chi connectivity index (χ3v) is 5.25. The van der Waals surface area contributed by atoms with Gasteiger partial charge in [0.2, 0.25) is 0 Å². The number of H-pyrrole nitrogens is 1. The van der Waals surface area contributed by atoms with Gasteiger partial charge in [-0.15, -0.1) is 0 Å². The zero-order chi connectivity index (χ0) is 19.4. The maximum atomic E-state index is 12.5. The largest absolute Gasteiger partial charge is 0.507 e. The normalized spacial score (nSPS) is 13.0. The van der Waals surface area contributed by atoms with Gasteiger partial charge in [-0.05, 0) is 23.8 Å². The number of methoxy groups -OCH3 is 2. The number of aromatic amines is 1. The van der Waals surface area contributed by atoms with Crippen LogP contribution < -0.4 is 9.47 Å². The number of carbonyl (C=O) groups is 1. The summed E-state index contributed by atoms with van der Waals surface area (Å²) < 4.78 is 16.0.